The maximum absolute atomic E-state index is 8.89. The van der Waals surface area contributed by atoms with Gasteiger partial charge in [-0.15, -0.1) is 0 Å². The molecule has 2 aromatic rings. The Bertz CT molecular complexity index is 601. The fourth-order valence-electron chi connectivity index (χ4n) is 1.34. The number of carbonyl (C=O) groups excluding carboxylic acids is 1. The third-order valence-electron chi connectivity index (χ3n) is 2.04. The molecular weight excluding hydrogens is 354 g/mol. The van der Waals surface area contributed by atoms with Crippen LogP contribution in [0.3, 0.4) is 0 Å². The number of carboxylic acids is 1. The van der Waals surface area contributed by atoms with E-state index in [2.05, 4.69) is 0 Å². The van der Waals surface area contributed by atoms with Crippen molar-refractivity contribution in [3.8, 4) is 11.1 Å². The molecule has 118 valence electrons. The minimum absolute atomic E-state index is 0. The van der Waals surface area contributed by atoms with Crippen LogP contribution in [0.15, 0.2) is 48.5 Å². The smallest absolute Gasteiger partial charge is 0.550 e. The molecule has 0 aliphatic carbocycles. The van der Waals surface area contributed by atoms with Crippen molar-refractivity contribution >= 4 is 35.3 Å². The van der Waals surface area contributed by atoms with Crippen LogP contribution >= 0.6 is 23.2 Å². The molecule has 0 saturated carbocycles. The van der Waals surface area contributed by atoms with Gasteiger partial charge < -0.3 is 20.1 Å². The SMILES string of the molecule is CC(=O)[O-].Clc1cccc(-c2ccccc2)c1Cl.O=C(O)O.[Na+]. The van der Waals surface area contributed by atoms with Crippen molar-refractivity contribution in [2.45, 2.75) is 6.92 Å². The third-order valence-corrected chi connectivity index (χ3v) is 2.86. The van der Waals surface area contributed by atoms with Gasteiger partial charge in [0.05, 0.1) is 10.0 Å². The monoisotopic (exact) mass is 366 g/mol. The van der Waals surface area contributed by atoms with E-state index >= 15 is 0 Å². The zero-order valence-corrected chi connectivity index (χ0v) is 16.0. The van der Waals surface area contributed by atoms with E-state index in [-0.39, 0.29) is 29.6 Å². The molecule has 2 rings (SSSR count). The van der Waals surface area contributed by atoms with Gasteiger partial charge in [0.15, 0.2) is 0 Å². The summed E-state index contributed by atoms with van der Waals surface area (Å²) in [6, 6.07) is 15.6. The Morgan fingerprint density at radius 1 is 0.957 bits per heavy atom. The molecule has 2 N–H and O–H groups in total. The summed E-state index contributed by atoms with van der Waals surface area (Å²) < 4.78 is 0. The van der Waals surface area contributed by atoms with Crippen LogP contribution in [-0.4, -0.2) is 22.3 Å². The standard InChI is InChI=1S/C12H8Cl2.C2H4O2.CH2O3.Na/c13-11-8-4-7-10(12(11)14)9-5-2-1-3-6-9;1-2(3)4;2-1(3)4;/h1-8H;1H3,(H,3,4);(H2,2,3,4);/q;;;+1/p-1. The number of rotatable bonds is 1. The van der Waals surface area contributed by atoms with Crippen molar-refractivity contribution in [2.24, 2.45) is 0 Å². The molecule has 0 fully saturated rings. The Morgan fingerprint density at radius 2 is 1.39 bits per heavy atom. The van der Waals surface area contributed by atoms with E-state index in [0.29, 0.717) is 10.0 Å². The molecule has 5 nitrogen and oxygen atoms in total. The quantitative estimate of drug-likeness (QED) is 0.722. The predicted molar refractivity (Wildman–Crippen MR) is 83.2 cm³/mol. The molecule has 0 amide bonds. The van der Waals surface area contributed by atoms with E-state index in [1.54, 1.807) is 6.07 Å². The van der Waals surface area contributed by atoms with Crippen LogP contribution < -0.4 is 34.7 Å². The first-order valence-corrected chi connectivity index (χ1v) is 6.60. The van der Waals surface area contributed by atoms with Gasteiger partial charge in [-0.05, 0) is 18.6 Å². The number of carboxylic acid groups (broad SMARTS) is 3. The Labute approximate surface area is 165 Å². The summed E-state index contributed by atoms with van der Waals surface area (Å²) in [7, 11) is 0. The van der Waals surface area contributed by atoms with E-state index in [1.165, 1.54) is 0 Å². The van der Waals surface area contributed by atoms with Crippen molar-refractivity contribution in [3.63, 3.8) is 0 Å². The Balaban J connectivity index is 0. The first kappa shape index (κ1) is 24.0. The topological polar surface area (TPSA) is 97.7 Å². The Hall–Kier alpha value is -1.24. The number of carbonyl (C=O) groups is 2. The van der Waals surface area contributed by atoms with Gasteiger partial charge in [0.1, 0.15) is 0 Å². The minimum Gasteiger partial charge on any atom is -0.550 e. The van der Waals surface area contributed by atoms with E-state index in [4.69, 9.17) is 48.1 Å². The molecule has 0 aliphatic rings. The minimum atomic E-state index is -1.83. The van der Waals surface area contributed by atoms with Gasteiger partial charge in [0.25, 0.3) is 0 Å². The summed E-state index contributed by atoms with van der Waals surface area (Å²) in [6.07, 6.45) is -1.83. The second kappa shape index (κ2) is 13.2. The molecular formula is C15H13Cl2NaO5. The van der Waals surface area contributed by atoms with Gasteiger partial charge in [-0.1, -0.05) is 65.7 Å². The average Bonchev–Trinajstić information content (AvgIpc) is 2.42. The molecule has 0 aliphatic heterocycles. The van der Waals surface area contributed by atoms with Crippen molar-refractivity contribution < 1.29 is 54.5 Å². The van der Waals surface area contributed by atoms with Gasteiger partial charge in [-0.25, -0.2) is 4.79 Å². The molecule has 0 bridgehead atoms. The van der Waals surface area contributed by atoms with Gasteiger partial charge in [0.2, 0.25) is 0 Å². The van der Waals surface area contributed by atoms with Crippen LogP contribution in [0, 0.1) is 0 Å². The summed E-state index contributed by atoms with van der Waals surface area (Å²) in [5.41, 5.74) is 2.06. The predicted octanol–water partition coefficient (Wildman–Crippen LogP) is 0.643. The summed E-state index contributed by atoms with van der Waals surface area (Å²) in [5, 5.41) is 24.0. The van der Waals surface area contributed by atoms with Gasteiger partial charge in [-0.2, -0.15) is 0 Å². The normalized spacial score (nSPS) is 8.30. The average molecular weight is 367 g/mol. The largest absolute Gasteiger partial charge is 1.00 e. The second-order valence-electron chi connectivity index (χ2n) is 3.74. The van der Waals surface area contributed by atoms with Crippen molar-refractivity contribution in [1.82, 2.24) is 0 Å². The third kappa shape index (κ3) is 11.9. The first-order valence-electron chi connectivity index (χ1n) is 5.84. The number of hydrogen-bond acceptors (Lipinski definition) is 3. The van der Waals surface area contributed by atoms with Crippen LogP contribution in [0.5, 0.6) is 0 Å². The van der Waals surface area contributed by atoms with Gasteiger partial charge >= 0.3 is 35.7 Å². The molecule has 0 unspecified atom stereocenters. The van der Waals surface area contributed by atoms with E-state index in [0.717, 1.165) is 18.1 Å². The Kier molecular flexibility index (Phi) is 13.8. The molecule has 0 saturated heterocycles. The number of hydrogen-bond donors (Lipinski definition) is 2. The molecule has 23 heavy (non-hydrogen) atoms. The van der Waals surface area contributed by atoms with E-state index in [1.807, 2.05) is 42.5 Å². The maximum atomic E-state index is 8.89. The van der Waals surface area contributed by atoms with E-state index in [9.17, 15) is 0 Å². The number of benzene rings is 2. The van der Waals surface area contributed by atoms with E-state index < -0.39 is 12.1 Å². The molecule has 0 heterocycles. The molecule has 0 atom stereocenters. The fraction of sp³-hybridized carbons (Fsp3) is 0.0667. The Morgan fingerprint density at radius 3 is 1.83 bits per heavy atom. The summed E-state index contributed by atoms with van der Waals surface area (Å²) >= 11 is 12.0. The van der Waals surface area contributed by atoms with Crippen molar-refractivity contribution in [1.29, 1.82) is 0 Å². The second-order valence-corrected chi connectivity index (χ2v) is 4.53. The van der Waals surface area contributed by atoms with Crippen LogP contribution in [0.2, 0.25) is 10.0 Å². The molecule has 0 aromatic heterocycles. The molecule has 2 aromatic carbocycles. The summed E-state index contributed by atoms with van der Waals surface area (Å²) in [5.74, 6) is -1.08. The molecule has 0 radical (unpaired) electrons. The summed E-state index contributed by atoms with van der Waals surface area (Å²) in [4.78, 5) is 17.4. The van der Waals surface area contributed by atoms with Gasteiger partial charge in [0, 0.05) is 11.5 Å². The molecule has 8 heteroatoms. The zero-order valence-electron chi connectivity index (χ0n) is 12.5. The number of halogens is 2. The summed E-state index contributed by atoms with van der Waals surface area (Å²) in [6.45, 7) is 0.972. The molecule has 0 spiro atoms. The zero-order chi connectivity index (χ0) is 17.1. The maximum Gasteiger partial charge on any atom is 1.00 e. The van der Waals surface area contributed by atoms with Gasteiger partial charge in [-0.3, -0.25) is 0 Å². The van der Waals surface area contributed by atoms with Crippen LogP contribution in [0.25, 0.3) is 11.1 Å². The number of aliphatic carboxylic acids is 1. The van der Waals surface area contributed by atoms with Crippen LogP contribution in [0.4, 0.5) is 4.79 Å². The van der Waals surface area contributed by atoms with Crippen LogP contribution in [-0.2, 0) is 4.79 Å². The van der Waals surface area contributed by atoms with Crippen molar-refractivity contribution in [2.75, 3.05) is 0 Å². The van der Waals surface area contributed by atoms with Crippen molar-refractivity contribution in [3.05, 3.63) is 58.6 Å². The van der Waals surface area contributed by atoms with Crippen LogP contribution in [0.1, 0.15) is 6.92 Å². The first-order chi connectivity index (χ1) is 10.3. The fourth-order valence-corrected chi connectivity index (χ4v) is 1.75.